The number of likely N-dealkylation sites (tertiary alicyclic amines) is 1. The summed E-state index contributed by atoms with van der Waals surface area (Å²) in [6.45, 7) is 13.6. The third kappa shape index (κ3) is 1.84. The van der Waals surface area contributed by atoms with Crippen molar-refractivity contribution in [2.45, 2.75) is 40.2 Å². The molecule has 0 saturated carbocycles. The van der Waals surface area contributed by atoms with Crippen LogP contribution in [0.5, 0.6) is 0 Å². The van der Waals surface area contributed by atoms with Crippen molar-refractivity contribution in [1.29, 1.82) is 0 Å². The van der Waals surface area contributed by atoms with Crippen LogP contribution in [0, 0.1) is 0 Å². The van der Waals surface area contributed by atoms with Crippen LogP contribution < -0.4 is 0 Å². The molecule has 11 heavy (non-hydrogen) atoms. The second-order valence-electron chi connectivity index (χ2n) is 4.63. The van der Waals surface area contributed by atoms with Gasteiger partial charge in [-0.2, -0.15) is 0 Å². The monoisotopic (exact) mass is 153 g/mol. The Bertz CT molecular complexity index is 172. The van der Waals surface area contributed by atoms with Gasteiger partial charge in [-0.05, 0) is 40.2 Å². The number of hydrogen-bond donors (Lipinski definition) is 0. The fraction of sp³-hybridized carbons (Fsp3) is 0.800. The maximum absolute atomic E-state index is 2.50. The van der Waals surface area contributed by atoms with Gasteiger partial charge < -0.3 is 0 Å². The summed E-state index contributed by atoms with van der Waals surface area (Å²) in [4.78, 5) is 2.50. The molecule has 0 aromatic carbocycles. The smallest absolute Gasteiger partial charge is 0.0216 e. The lowest BCUT2D eigenvalue weighted by Gasteiger charge is -2.44. The highest BCUT2D eigenvalue weighted by atomic mass is 15.2. The standard InChI is InChI=1S/C10H19N/c1-8(2)9-6-11(7-9)10(3,4)5/h6-7H2,1-5H3. The average molecular weight is 153 g/mol. The van der Waals surface area contributed by atoms with E-state index in [4.69, 9.17) is 0 Å². The van der Waals surface area contributed by atoms with Crippen molar-refractivity contribution in [3.05, 3.63) is 11.1 Å². The van der Waals surface area contributed by atoms with Crippen LogP contribution in [0.4, 0.5) is 0 Å². The minimum atomic E-state index is 0.360. The Morgan fingerprint density at radius 1 is 1.18 bits per heavy atom. The van der Waals surface area contributed by atoms with E-state index in [0.717, 1.165) is 0 Å². The van der Waals surface area contributed by atoms with Gasteiger partial charge in [0.05, 0.1) is 0 Å². The van der Waals surface area contributed by atoms with Crippen molar-refractivity contribution >= 4 is 0 Å². The summed E-state index contributed by atoms with van der Waals surface area (Å²) < 4.78 is 0. The fourth-order valence-corrected chi connectivity index (χ4v) is 1.21. The second-order valence-corrected chi connectivity index (χ2v) is 4.63. The molecule has 1 aliphatic rings. The molecule has 1 heterocycles. The summed E-state index contributed by atoms with van der Waals surface area (Å²) in [6.07, 6.45) is 0. The molecule has 1 rings (SSSR count). The predicted octanol–water partition coefficient (Wildman–Crippen LogP) is 2.44. The van der Waals surface area contributed by atoms with Gasteiger partial charge in [0.2, 0.25) is 0 Å². The minimum Gasteiger partial charge on any atom is -0.291 e. The molecule has 64 valence electrons. The molecule has 0 aliphatic carbocycles. The van der Waals surface area contributed by atoms with E-state index < -0.39 is 0 Å². The summed E-state index contributed by atoms with van der Waals surface area (Å²) >= 11 is 0. The van der Waals surface area contributed by atoms with Crippen LogP contribution in [0.1, 0.15) is 34.6 Å². The second kappa shape index (κ2) is 2.63. The maximum Gasteiger partial charge on any atom is 0.0216 e. The first kappa shape index (κ1) is 8.79. The summed E-state index contributed by atoms with van der Waals surface area (Å²) in [6, 6.07) is 0. The topological polar surface area (TPSA) is 3.24 Å². The molecule has 0 atom stereocenters. The fourth-order valence-electron chi connectivity index (χ4n) is 1.21. The number of nitrogens with zero attached hydrogens (tertiary/aromatic N) is 1. The Morgan fingerprint density at radius 2 is 1.64 bits per heavy atom. The number of hydrogen-bond acceptors (Lipinski definition) is 1. The molecular formula is C10H19N. The first-order valence-corrected chi connectivity index (χ1v) is 4.31. The highest BCUT2D eigenvalue weighted by molar-refractivity contribution is 5.21. The van der Waals surface area contributed by atoms with E-state index in [1.807, 2.05) is 0 Å². The van der Waals surface area contributed by atoms with Crippen LogP contribution in [0.2, 0.25) is 0 Å². The lowest BCUT2D eigenvalue weighted by atomic mass is 9.95. The van der Waals surface area contributed by atoms with E-state index in [1.165, 1.54) is 18.7 Å². The Balaban J connectivity index is 2.48. The Kier molecular flexibility index (Phi) is 2.10. The van der Waals surface area contributed by atoms with E-state index in [0.29, 0.717) is 5.54 Å². The molecule has 0 radical (unpaired) electrons. The summed E-state index contributed by atoms with van der Waals surface area (Å²) in [7, 11) is 0. The Labute approximate surface area is 70.1 Å². The van der Waals surface area contributed by atoms with E-state index in [-0.39, 0.29) is 0 Å². The van der Waals surface area contributed by atoms with Crippen LogP contribution >= 0.6 is 0 Å². The lowest BCUT2D eigenvalue weighted by molar-refractivity contribution is 0.114. The predicted molar refractivity (Wildman–Crippen MR) is 49.7 cm³/mol. The van der Waals surface area contributed by atoms with Crippen molar-refractivity contribution in [2.24, 2.45) is 0 Å². The molecule has 0 unspecified atom stereocenters. The molecule has 1 aliphatic heterocycles. The first-order valence-electron chi connectivity index (χ1n) is 4.31. The van der Waals surface area contributed by atoms with Gasteiger partial charge in [-0.25, -0.2) is 0 Å². The van der Waals surface area contributed by atoms with E-state index in [2.05, 4.69) is 39.5 Å². The molecule has 0 aromatic heterocycles. The summed E-state index contributed by atoms with van der Waals surface area (Å²) in [5.74, 6) is 0. The van der Waals surface area contributed by atoms with Crippen LogP contribution in [0.25, 0.3) is 0 Å². The zero-order valence-electron chi connectivity index (χ0n) is 8.36. The molecule has 1 heteroatoms. The van der Waals surface area contributed by atoms with Gasteiger partial charge >= 0.3 is 0 Å². The van der Waals surface area contributed by atoms with Crippen molar-refractivity contribution in [3.63, 3.8) is 0 Å². The van der Waals surface area contributed by atoms with Crippen LogP contribution in [-0.4, -0.2) is 23.5 Å². The third-order valence-electron chi connectivity index (χ3n) is 2.42. The summed E-state index contributed by atoms with van der Waals surface area (Å²) in [5, 5.41) is 0. The quantitative estimate of drug-likeness (QED) is 0.483. The SMILES string of the molecule is CC(C)=C1CN(C(C)(C)C)C1. The molecule has 0 N–H and O–H groups in total. The molecule has 0 aromatic rings. The Morgan fingerprint density at radius 3 is 1.91 bits per heavy atom. The largest absolute Gasteiger partial charge is 0.291 e. The van der Waals surface area contributed by atoms with Gasteiger partial charge in [0.15, 0.2) is 0 Å². The van der Waals surface area contributed by atoms with Crippen molar-refractivity contribution < 1.29 is 0 Å². The van der Waals surface area contributed by atoms with Crippen LogP contribution in [0.3, 0.4) is 0 Å². The number of rotatable bonds is 0. The first-order chi connectivity index (χ1) is 4.91. The van der Waals surface area contributed by atoms with Crippen molar-refractivity contribution in [1.82, 2.24) is 4.90 Å². The van der Waals surface area contributed by atoms with Gasteiger partial charge in [0, 0.05) is 18.6 Å². The maximum atomic E-state index is 2.50. The van der Waals surface area contributed by atoms with E-state index in [9.17, 15) is 0 Å². The van der Waals surface area contributed by atoms with Crippen molar-refractivity contribution in [3.8, 4) is 0 Å². The molecule has 0 bridgehead atoms. The number of allylic oxidation sites excluding steroid dienone is 1. The molecular weight excluding hydrogens is 134 g/mol. The van der Waals surface area contributed by atoms with Crippen LogP contribution in [0.15, 0.2) is 11.1 Å². The molecule has 1 nitrogen and oxygen atoms in total. The van der Waals surface area contributed by atoms with Gasteiger partial charge in [0.1, 0.15) is 0 Å². The van der Waals surface area contributed by atoms with E-state index in [1.54, 1.807) is 5.57 Å². The lowest BCUT2D eigenvalue weighted by Crippen LogP contribution is -2.51. The van der Waals surface area contributed by atoms with Gasteiger partial charge in [-0.15, -0.1) is 0 Å². The average Bonchev–Trinajstić information content (AvgIpc) is 1.51. The third-order valence-corrected chi connectivity index (χ3v) is 2.42. The molecule has 1 saturated heterocycles. The van der Waals surface area contributed by atoms with Crippen molar-refractivity contribution in [2.75, 3.05) is 13.1 Å². The molecule has 0 amide bonds. The zero-order chi connectivity index (χ0) is 8.65. The van der Waals surface area contributed by atoms with Gasteiger partial charge in [-0.3, -0.25) is 4.90 Å². The molecule has 1 fully saturated rings. The normalized spacial score (nSPS) is 19.9. The Hall–Kier alpha value is -0.300. The van der Waals surface area contributed by atoms with Crippen LogP contribution in [-0.2, 0) is 0 Å². The minimum absolute atomic E-state index is 0.360. The highest BCUT2D eigenvalue weighted by Gasteiger charge is 2.30. The van der Waals surface area contributed by atoms with Gasteiger partial charge in [-0.1, -0.05) is 5.57 Å². The summed E-state index contributed by atoms with van der Waals surface area (Å²) in [5.41, 5.74) is 3.49. The van der Waals surface area contributed by atoms with Gasteiger partial charge in [0.25, 0.3) is 0 Å². The highest BCUT2D eigenvalue weighted by Crippen LogP contribution is 2.26. The zero-order valence-corrected chi connectivity index (χ0v) is 8.36. The van der Waals surface area contributed by atoms with E-state index >= 15 is 0 Å². The molecule has 0 spiro atoms.